The van der Waals surface area contributed by atoms with Gasteiger partial charge in [-0.1, -0.05) is 37.0 Å². The number of nitrogens with one attached hydrogen (secondary N) is 2. The molecule has 2 rings (SSSR count). The Labute approximate surface area is 193 Å². The van der Waals surface area contributed by atoms with Crippen LogP contribution in [0.5, 0.6) is 11.5 Å². The van der Waals surface area contributed by atoms with Crippen molar-refractivity contribution in [2.75, 3.05) is 26.3 Å². The number of hydrogen-bond donors (Lipinski definition) is 2. The summed E-state index contributed by atoms with van der Waals surface area (Å²) < 4.78 is 11.1. The lowest BCUT2D eigenvalue weighted by Gasteiger charge is -2.25. The quantitative estimate of drug-likeness (QED) is 0.546. The molecule has 0 saturated carbocycles. The molecule has 31 heavy (non-hydrogen) atoms. The van der Waals surface area contributed by atoms with Gasteiger partial charge in [0.2, 0.25) is 0 Å². The molecule has 168 valence electrons. The summed E-state index contributed by atoms with van der Waals surface area (Å²) in [5.74, 6) is 0.745. The summed E-state index contributed by atoms with van der Waals surface area (Å²) in [6.45, 7) is 8.19. The number of benzene rings is 2. The van der Waals surface area contributed by atoms with Gasteiger partial charge in [-0.25, -0.2) is 0 Å². The molecule has 2 amide bonds. The maximum atomic E-state index is 12.1. The second-order valence-corrected chi connectivity index (χ2v) is 8.99. The molecule has 8 heteroatoms. The van der Waals surface area contributed by atoms with E-state index < -0.39 is 0 Å². The molecule has 0 aliphatic carbocycles. The maximum absolute atomic E-state index is 12.1. The lowest BCUT2D eigenvalue weighted by molar-refractivity contribution is -0.123. The molecule has 0 aliphatic heterocycles. The van der Waals surface area contributed by atoms with Gasteiger partial charge in [0.1, 0.15) is 11.5 Å². The van der Waals surface area contributed by atoms with Gasteiger partial charge >= 0.3 is 0 Å². The van der Waals surface area contributed by atoms with Gasteiger partial charge in [0.25, 0.3) is 11.8 Å². The number of carbonyl (C=O) groups is 2. The number of rotatable bonds is 10. The van der Waals surface area contributed by atoms with Gasteiger partial charge in [-0.15, -0.1) is 0 Å². The van der Waals surface area contributed by atoms with Gasteiger partial charge in [-0.3, -0.25) is 9.59 Å². The fraction of sp³-hybridized carbons (Fsp3) is 0.391. The molecule has 2 N–H and O–H groups in total. The first-order valence-electron chi connectivity index (χ1n) is 9.87. The molecule has 6 nitrogen and oxygen atoms in total. The van der Waals surface area contributed by atoms with Gasteiger partial charge in [0.05, 0.1) is 0 Å². The van der Waals surface area contributed by atoms with Crippen molar-refractivity contribution in [2.45, 2.75) is 27.7 Å². The summed E-state index contributed by atoms with van der Waals surface area (Å²) in [5, 5.41) is 6.90. The molecular weight excluding hydrogens is 439 g/mol. The zero-order chi connectivity index (χ0) is 23.0. The van der Waals surface area contributed by atoms with E-state index in [9.17, 15) is 9.59 Å². The highest BCUT2D eigenvalue weighted by atomic mass is 35.5. The van der Waals surface area contributed by atoms with Crippen LogP contribution < -0.4 is 20.1 Å². The molecule has 0 atom stereocenters. The highest BCUT2D eigenvalue weighted by Gasteiger charge is 2.20. The Morgan fingerprint density at radius 3 is 1.55 bits per heavy atom. The Kier molecular flexibility index (Phi) is 9.01. The minimum atomic E-state index is -0.350. The van der Waals surface area contributed by atoms with Crippen LogP contribution in [0.4, 0.5) is 0 Å². The smallest absolute Gasteiger partial charge is 0.257 e. The maximum Gasteiger partial charge on any atom is 0.257 e. The number of aryl methyl sites for hydroxylation is 2. The number of carbonyl (C=O) groups excluding carboxylic acids is 2. The fourth-order valence-electron chi connectivity index (χ4n) is 2.68. The van der Waals surface area contributed by atoms with Crippen LogP contribution in [-0.4, -0.2) is 38.1 Å². The van der Waals surface area contributed by atoms with Crippen molar-refractivity contribution in [3.05, 3.63) is 57.6 Å². The first-order chi connectivity index (χ1) is 14.6. The number of hydrogen-bond acceptors (Lipinski definition) is 4. The Hall–Kier alpha value is -2.44. The number of halogens is 2. The van der Waals surface area contributed by atoms with Crippen LogP contribution in [0.25, 0.3) is 0 Å². The van der Waals surface area contributed by atoms with E-state index in [1.165, 1.54) is 0 Å². The molecule has 2 aromatic carbocycles. The van der Waals surface area contributed by atoms with Crippen molar-refractivity contribution in [3.63, 3.8) is 0 Å². The summed E-state index contributed by atoms with van der Waals surface area (Å²) in [6.07, 6.45) is 0. The summed E-state index contributed by atoms with van der Waals surface area (Å²) in [7, 11) is 0. The van der Waals surface area contributed by atoms with Gasteiger partial charge in [0, 0.05) is 23.1 Å². The number of amides is 2. The molecular formula is C23H28Cl2N2O4. The lowest BCUT2D eigenvalue weighted by Crippen LogP contribution is -2.44. The predicted octanol–water partition coefficient (Wildman–Crippen LogP) is 4.33. The van der Waals surface area contributed by atoms with E-state index in [4.69, 9.17) is 32.7 Å². The van der Waals surface area contributed by atoms with Gasteiger partial charge in [0.15, 0.2) is 13.2 Å². The van der Waals surface area contributed by atoms with E-state index in [2.05, 4.69) is 10.6 Å². The van der Waals surface area contributed by atoms with Gasteiger partial charge in [-0.2, -0.15) is 0 Å². The van der Waals surface area contributed by atoms with E-state index in [1.807, 2.05) is 27.7 Å². The van der Waals surface area contributed by atoms with Crippen LogP contribution in [0.3, 0.4) is 0 Å². The highest BCUT2D eigenvalue weighted by molar-refractivity contribution is 6.31. The van der Waals surface area contributed by atoms with Crippen LogP contribution in [0.1, 0.15) is 25.0 Å². The van der Waals surface area contributed by atoms with Crippen LogP contribution in [0, 0.1) is 19.3 Å². The van der Waals surface area contributed by atoms with Gasteiger partial charge in [-0.05, 0) is 66.8 Å². The molecule has 0 unspecified atom stereocenters. The summed E-state index contributed by atoms with van der Waals surface area (Å²) in [5.41, 5.74) is 1.37. The second kappa shape index (κ2) is 11.3. The highest BCUT2D eigenvalue weighted by Crippen LogP contribution is 2.22. The average molecular weight is 467 g/mol. The lowest BCUT2D eigenvalue weighted by atomic mass is 9.93. The first kappa shape index (κ1) is 24.8. The van der Waals surface area contributed by atoms with Crippen molar-refractivity contribution in [3.8, 4) is 11.5 Å². The van der Waals surface area contributed by atoms with Gasteiger partial charge < -0.3 is 20.1 Å². The Bertz CT molecular complexity index is 858. The largest absolute Gasteiger partial charge is 0.484 e. The van der Waals surface area contributed by atoms with Crippen LogP contribution in [0.15, 0.2) is 36.4 Å². The van der Waals surface area contributed by atoms with E-state index in [1.54, 1.807) is 36.4 Å². The molecule has 0 saturated heterocycles. The zero-order valence-electron chi connectivity index (χ0n) is 18.2. The number of ether oxygens (including phenoxy) is 2. The van der Waals surface area contributed by atoms with Crippen molar-refractivity contribution in [1.82, 2.24) is 10.6 Å². The normalized spacial score (nSPS) is 11.0. The third-order valence-electron chi connectivity index (χ3n) is 4.52. The summed E-state index contributed by atoms with van der Waals surface area (Å²) in [4.78, 5) is 24.2. The summed E-state index contributed by atoms with van der Waals surface area (Å²) in [6, 6.07) is 10.4. The molecule has 0 fully saturated rings. The molecule has 0 aliphatic rings. The Morgan fingerprint density at radius 1 is 0.806 bits per heavy atom. The SMILES string of the molecule is Cc1cc(Cl)ccc1OCC(=O)NCC(C)(C)CNC(=O)COc1ccc(Cl)cc1C. The Balaban J connectivity index is 1.70. The zero-order valence-corrected chi connectivity index (χ0v) is 19.7. The standard InChI is InChI=1S/C23H28Cl2N2O4/c1-15-9-17(24)5-7-19(15)30-11-21(28)26-13-23(3,4)14-27-22(29)12-31-20-8-6-18(25)10-16(20)2/h5-10H,11-14H2,1-4H3,(H,26,28)(H,27,29). The van der Waals surface area contributed by atoms with E-state index in [0.29, 0.717) is 34.6 Å². The summed E-state index contributed by atoms with van der Waals surface area (Å²) >= 11 is 11.8. The molecule has 0 spiro atoms. The minimum Gasteiger partial charge on any atom is -0.484 e. The van der Waals surface area contributed by atoms with Crippen molar-refractivity contribution >= 4 is 35.0 Å². The molecule has 0 bridgehead atoms. The van der Waals surface area contributed by atoms with E-state index in [0.717, 1.165) is 11.1 Å². The molecule has 0 radical (unpaired) electrons. The topological polar surface area (TPSA) is 76.7 Å². The monoisotopic (exact) mass is 466 g/mol. The minimum absolute atomic E-state index is 0.0980. The van der Waals surface area contributed by atoms with E-state index in [-0.39, 0.29) is 30.4 Å². The van der Waals surface area contributed by atoms with Crippen LogP contribution in [0.2, 0.25) is 10.0 Å². The Morgan fingerprint density at radius 2 is 1.19 bits per heavy atom. The molecule has 0 aromatic heterocycles. The van der Waals surface area contributed by atoms with Crippen molar-refractivity contribution < 1.29 is 19.1 Å². The first-order valence-corrected chi connectivity index (χ1v) is 10.6. The van der Waals surface area contributed by atoms with Crippen molar-refractivity contribution in [2.24, 2.45) is 5.41 Å². The van der Waals surface area contributed by atoms with E-state index >= 15 is 0 Å². The second-order valence-electron chi connectivity index (χ2n) is 8.11. The van der Waals surface area contributed by atoms with Crippen molar-refractivity contribution in [1.29, 1.82) is 0 Å². The third kappa shape index (κ3) is 8.67. The average Bonchev–Trinajstić information content (AvgIpc) is 2.69. The third-order valence-corrected chi connectivity index (χ3v) is 4.99. The van der Waals surface area contributed by atoms with Crippen LogP contribution in [-0.2, 0) is 9.59 Å². The predicted molar refractivity (Wildman–Crippen MR) is 123 cm³/mol. The van der Waals surface area contributed by atoms with Crippen LogP contribution >= 0.6 is 23.2 Å². The molecule has 0 heterocycles. The fourth-order valence-corrected chi connectivity index (χ4v) is 3.13. The molecule has 2 aromatic rings.